The predicted molar refractivity (Wildman–Crippen MR) is 243 cm³/mol. The van der Waals surface area contributed by atoms with Crippen LogP contribution in [0.15, 0.2) is 200 Å². The lowest BCUT2D eigenvalue weighted by Crippen LogP contribution is -2.26. The summed E-state index contributed by atoms with van der Waals surface area (Å²) in [6.07, 6.45) is 0. The second kappa shape index (κ2) is 11.5. The maximum Gasteiger partial charge on any atom is 0.0726 e. The van der Waals surface area contributed by atoms with E-state index >= 15 is 0 Å². The number of hydrogen-bond donors (Lipinski definition) is 0. The molecule has 1 heterocycles. The lowest BCUT2D eigenvalue weighted by molar-refractivity contribution is 0.793. The molecule has 0 amide bonds. The first-order chi connectivity index (χ1) is 28.3. The Hall–Kier alpha value is -7.00. The maximum atomic E-state index is 2.51. The Kier molecular flexibility index (Phi) is 6.31. The third-order valence-electron chi connectivity index (χ3n) is 12.8. The monoisotopic (exact) mass is 739 g/mol. The summed E-state index contributed by atoms with van der Waals surface area (Å²) in [5.41, 5.74) is 13.7. The molecule has 0 saturated heterocycles. The first-order valence-corrected chi connectivity index (χ1v) is 20.6. The fourth-order valence-electron chi connectivity index (χ4n) is 10.6. The van der Waals surface area contributed by atoms with Crippen LogP contribution in [0.3, 0.4) is 0 Å². The van der Waals surface area contributed by atoms with E-state index in [0.717, 1.165) is 17.1 Å². The number of rotatable bonds is 3. The molecule has 1 aromatic heterocycles. The van der Waals surface area contributed by atoms with Crippen molar-refractivity contribution in [1.82, 2.24) is 0 Å². The van der Waals surface area contributed by atoms with Gasteiger partial charge in [0.15, 0.2) is 0 Å². The summed E-state index contributed by atoms with van der Waals surface area (Å²) in [4.78, 5) is 2.50. The molecule has 0 fully saturated rings. The second-order valence-corrected chi connectivity index (χ2v) is 16.6. The predicted octanol–water partition coefficient (Wildman–Crippen LogP) is 15.3. The van der Waals surface area contributed by atoms with Gasteiger partial charge in [0.25, 0.3) is 0 Å². The van der Waals surface area contributed by atoms with Crippen molar-refractivity contribution < 1.29 is 0 Å². The van der Waals surface area contributed by atoms with Crippen molar-refractivity contribution >= 4 is 80.9 Å². The minimum absolute atomic E-state index is 0.424. The molecule has 264 valence electrons. The molecule has 10 aromatic carbocycles. The molecule has 11 aromatic rings. The van der Waals surface area contributed by atoms with E-state index in [-0.39, 0.29) is 0 Å². The smallest absolute Gasteiger partial charge is 0.0726 e. The molecule has 2 heteroatoms. The fraction of sp³-hybridized carbons (Fsp3) is 0.0182. The van der Waals surface area contributed by atoms with Crippen LogP contribution in [0.25, 0.3) is 74.7 Å². The maximum absolute atomic E-state index is 2.51. The summed E-state index contributed by atoms with van der Waals surface area (Å²) in [5, 5.41) is 10.3. The van der Waals surface area contributed by atoms with Gasteiger partial charge in [0.05, 0.1) is 5.41 Å². The molecule has 0 saturated carbocycles. The number of nitrogens with zero attached hydrogens (tertiary/aromatic N) is 1. The third kappa shape index (κ3) is 4.12. The van der Waals surface area contributed by atoms with E-state index in [1.54, 1.807) is 0 Å². The van der Waals surface area contributed by atoms with Crippen molar-refractivity contribution in [2.24, 2.45) is 0 Å². The van der Waals surface area contributed by atoms with Crippen molar-refractivity contribution in [3.63, 3.8) is 0 Å². The van der Waals surface area contributed by atoms with Crippen molar-refractivity contribution in [2.75, 3.05) is 4.90 Å². The Morgan fingerprint density at radius 1 is 0.281 bits per heavy atom. The quantitative estimate of drug-likeness (QED) is 0.163. The van der Waals surface area contributed by atoms with Crippen molar-refractivity contribution in [3.05, 3.63) is 222 Å². The molecule has 13 rings (SSSR count). The van der Waals surface area contributed by atoms with Crippen LogP contribution in [0.4, 0.5) is 17.1 Å². The summed E-state index contributed by atoms with van der Waals surface area (Å²) in [6.45, 7) is 0. The highest BCUT2D eigenvalue weighted by Crippen LogP contribution is 2.63. The zero-order valence-corrected chi connectivity index (χ0v) is 31.7. The highest BCUT2D eigenvalue weighted by atomic mass is 32.1. The molecule has 0 bridgehead atoms. The number of fused-ring (bicyclic) bond motifs is 19. The van der Waals surface area contributed by atoms with Gasteiger partial charge < -0.3 is 4.90 Å². The minimum atomic E-state index is -0.424. The number of anilines is 3. The summed E-state index contributed by atoms with van der Waals surface area (Å²) < 4.78 is 2.62. The van der Waals surface area contributed by atoms with E-state index in [4.69, 9.17) is 0 Å². The zero-order chi connectivity index (χ0) is 37.2. The molecule has 1 nitrogen and oxygen atoms in total. The molecule has 2 aliphatic carbocycles. The molecule has 1 spiro atoms. The second-order valence-electron chi connectivity index (χ2n) is 15.6. The van der Waals surface area contributed by atoms with Gasteiger partial charge in [-0.1, -0.05) is 152 Å². The standard InChI is InChI=1S/C55H33NS/c1-2-15-39-37(13-1)38-14-3-4-16-40(38)47-31-34(25-28-41(39)47)56(35-27-30-54-48(32-35)46-20-8-12-24-53(46)57-54)36-26-29-45-44-19-7-11-23-51(44)55(52(45)33-36)49-21-9-5-17-42(49)43-18-6-10-22-50(43)55/h1-33H. The van der Waals surface area contributed by atoms with Gasteiger partial charge in [-0.3, -0.25) is 0 Å². The Bertz CT molecular complexity index is 3400. The molecular formula is C55H33NS. The van der Waals surface area contributed by atoms with Crippen LogP contribution in [0.1, 0.15) is 22.3 Å². The number of hydrogen-bond acceptors (Lipinski definition) is 2. The van der Waals surface area contributed by atoms with Crippen molar-refractivity contribution in [1.29, 1.82) is 0 Å². The summed E-state index contributed by atoms with van der Waals surface area (Å²) >= 11 is 1.87. The number of benzene rings is 10. The van der Waals surface area contributed by atoms with Crippen LogP contribution in [0, 0.1) is 0 Å². The number of thiophene rings is 1. The van der Waals surface area contributed by atoms with Crippen LogP contribution in [0.2, 0.25) is 0 Å². The fourth-order valence-corrected chi connectivity index (χ4v) is 11.6. The highest BCUT2D eigenvalue weighted by molar-refractivity contribution is 7.25. The van der Waals surface area contributed by atoms with E-state index in [9.17, 15) is 0 Å². The van der Waals surface area contributed by atoms with Gasteiger partial charge in [0.1, 0.15) is 0 Å². The Balaban J connectivity index is 1.12. The van der Waals surface area contributed by atoms with Gasteiger partial charge in [-0.25, -0.2) is 0 Å². The van der Waals surface area contributed by atoms with E-state index in [1.807, 2.05) is 11.3 Å². The van der Waals surface area contributed by atoms with E-state index in [2.05, 4.69) is 205 Å². The van der Waals surface area contributed by atoms with Gasteiger partial charge in [-0.2, -0.15) is 0 Å². The van der Waals surface area contributed by atoms with Gasteiger partial charge in [-0.05, 0) is 125 Å². The first kappa shape index (κ1) is 31.2. The molecule has 2 aliphatic rings. The van der Waals surface area contributed by atoms with Crippen LogP contribution in [-0.2, 0) is 5.41 Å². The van der Waals surface area contributed by atoms with Crippen molar-refractivity contribution in [2.45, 2.75) is 5.41 Å². The van der Waals surface area contributed by atoms with Crippen LogP contribution >= 0.6 is 11.3 Å². The lowest BCUT2D eigenvalue weighted by Gasteiger charge is -2.32. The SMILES string of the molecule is c1ccc2c(c1)-c1ccccc1C21c2ccccc2-c2ccc(N(c3ccc4sc5ccccc5c4c3)c3ccc4c5ccccc5c5ccccc5c4c3)cc21. The van der Waals surface area contributed by atoms with E-state index in [0.29, 0.717) is 0 Å². The normalized spacial score (nSPS) is 13.4. The molecule has 0 unspecified atom stereocenters. The van der Waals surface area contributed by atoms with Gasteiger partial charge in [-0.15, -0.1) is 11.3 Å². The lowest BCUT2D eigenvalue weighted by atomic mass is 9.70. The Morgan fingerprint density at radius 3 is 1.30 bits per heavy atom. The Labute approximate surface area is 334 Å². The first-order valence-electron chi connectivity index (χ1n) is 19.8. The summed E-state index contributed by atoms with van der Waals surface area (Å²) in [7, 11) is 0. The third-order valence-corrected chi connectivity index (χ3v) is 14.0. The largest absolute Gasteiger partial charge is 0.310 e. The molecule has 0 radical (unpaired) electrons. The molecule has 0 aliphatic heterocycles. The van der Waals surface area contributed by atoms with Crippen LogP contribution < -0.4 is 4.90 Å². The average molecular weight is 740 g/mol. The van der Waals surface area contributed by atoms with E-state index < -0.39 is 5.41 Å². The van der Waals surface area contributed by atoms with Gasteiger partial charge >= 0.3 is 0 Å². The molecule has 57 heavy (non-hydrogen) atoms. The molecule has 0 atom stereocenters. The van der Waals surface area contributed by atoms with Crippen LogP contribution in [0.5, 0.6) is 0 Å². The van der Waals surface area contributed by atoms with Gasteiger partial charge in [0, 0.05) is 37.2 Å². The topological polar surface area (TPSA) is 3.24 Å². The zero-order valence-electron chi connectivity index (χ0n) is 30.9. The minimum Gasteiger partial charge on any atom is -0.310 e. The van der Waals surface area contributed by atoms with Gasteiger partial charge in [0.2, 0.25) is 0 Å². The van der Waals surface area contributed by atoms with Crippen LogP contribution in [-0.4, -0.2) is 0 Å². The molecule has 0 N–H and O–H groups in total. The summed E-state index contributed by atoms with van der Waals surface area (Å²) in [5.74, 6) is 0. The molecular weight excluding hydrogens is 707 g/mol. The highest BCUT2D eigenvalue weighted by Gasteiger charge is 2.51. The average Bonchev–Trinajstić information content (AvgIpc) is 3.90. The van der Waals surface area contributed by atoms with E-state index in [1.165, 1.54) is 97.0 Å². The Morgan fingerprint density at radius 2 is 0.684 bits per heavy atom. The summed E-state index contributed by atoms with van der Waals surface area (Å²) in [6, 6.07) is 75.2. The van der Waals surface area contributed by atoms with Crippen molar-refractivity contribution in [3.8, 4) is 22.3 Å².